The third-order valence-corrected chi connectivity index (χ3v) is 4.36. The van der Waals surface area contributed by atoms with Crippen LogP contribution in [-0.2, 0) is 9.53 Å². The molecule has 0 aliphatic heterocycles. The lowest BCUT2D eigenvalue weighted by Crippen LogP contribution is -2.40. The molecule has 0 aromatic heterocycles. The Morgan fingerprint density at radius 3 is 2.59 bits per heavy atom. The van der Waals surface area contributed by atoms with Gasteiger partial charge in [-0.2, -0.15) is 0 Å². The molecule has 1 aromatic carbocycles. The van der Waals surface area contributed by atoms with Gasteiger partial charge in [-0.25, -0.2) is 4.79 Å². The van der Waals surface area contributed by atoms with Crippen molar-refractivity contribution in [2.75, 3.05) is 7.11 Å². The van der Waals surface area contributed by atoms with Crippen LogP contribution in [0.4, 0.5) is 0 Å². The fourth-order valence-corrected chi connectivity index (χ4v) is 3.00. The second kappa shape index (κ2) is 7.63. The van der Waals surface area contributed by atoms with Gasteiger partial charge in [0.05, 0.1) is 17.1 Å². The molecule has 0 saturated heterocycles. The zero-order valence-corrected chi connectivity index (χ0v) is 14.3. The highest BCUT2D eigenvalue weighted by Gasteiger charge is 2.23. The number of carbonyl (C=O) groups is 2. The third-order valence-electron chi connectivity index (χ3n) is 3.74. The zero-order valence-electron chi connectivity index (χ0n) is 12.7. The van der Waals surface area contributed by atoms with Gasteiger partial charge in [0.2, 0.25) is 0 Å². The van der Waals surface area contributed by atoms with Crippen LogP contribution in [-0.4, -0.2) is 31.1 Å². The van der Waals surface area contributed by atoms with E-state index in [1.165, 1.54) is 0 Å². The maximum absolute atomic E-state index is 12.1. The molecule has 1 aliphatic carbocycles. The number of methoxy groups -OCH3 is 1. The summed E-state index contributed by atoms with van der Waals surface area (Å²) < 4.78 is 11.0. The molecule has 1 aromatic rings. The van der Waals surface area contributed by atoms with Crippen molar-refractivity contribution in [3.8, 4) is 5.75 Å². The Kier molecular flexibility index (Phi) is 5.83. The number of ether oxygens (including phenoxy) is 2. The molecule has 6 heteroatoms. The van der Waals surface area contributed by atoms with Crippen molar-refractivity contribution in [1.82, 2.24) is 5.32 Å². The topological polar surface area (TPSA) is 64.6 Å². The summed E-state index contributed by atoms with van der Waals surface area (Å²) in [6.45, 7) is 1.58. The Balaban J connectivity index is 1.92. The Hall–Kier alpha value is -1.56. The Bertz CT molecular complexity index is 555. The number of amides is 1. The summed E-state index contributed by atoms with van der Waals surface area (Å²) in [5.74, 6) is -0.145. The monoisotopic (exact) mass is 369 g/mol. The first-order valence-corrected chi connectivity index (χ1v) is 8.15. The predicted octanol–water partition coefficient (Wildman–Crippen LogP) is 3.06. The minimum atomic E-state index is -0.811. The van der Waals surface area contributed by atoms with E-state index in [9.17, 15) is 9.59 Å². The van der Waals surface area contributed by atoms with Crippen molar-refractivity contribution in [2.24, 2.45) is 0 Å². The van der Waals surface area contributed by atoms with Gasteiger partial charge in [-0.05, 0) is 53.9 Å². The van der Waals surface area contributed by atoms with E-state index in [0.29, 0.717) is 15.8 Å². The zero-order chi connectivity index (χ0) is 16.1. The summed E-state index contributed by atoms with van der Waals surface area (Å²) in [6.07, 6.45) is 3.46. The predicted molar refractivity (Wildman–Crippen MR) is 86.0 cm³/mol. The van der Waals surface area contributed by atoms with Crippen molar-refractivity contribution in [1.29, 1.82) is 0 Å². The van der Waals surface area contributed by atoms with Gasteiger partial charge in [0.15, 0.2) is 6.10 Å². The number of hydrogen-bond acceptors (Lipinski definition) is 4. The molecule has 2 rings (SSSR count). The van der Waals surface area contributed by atoms with E-state index in [0.717, 1.165) is 25.7 Å². The molecule has 1 aliphatic rings. The highest BCUT2D eigenvalue weighted by atomic mass is 79.9. The molecule has 0 bridgehead atoms. The maximum Gasteiger partial charge on any atom is 0.338 e. The summed E-state index contributed by atoms with van der Waals surface area (Å²) in [7, 11) is 1.55. The molecule has 1 fully saturated rings. The van der Waals surface area contributed by atoms with Crippen LogP contribution in [0.1, 0.15) is 43.0 Å². The van der Waals surface area contributed by atoms with Crippen LogP contribution >= 0.6 is 15.9 Å². The molecule has 1 amide bonds. The van der Waals surface area contributed by atoms with Gasteiger partial charge in [0.1, 0.15) is 5.75 Å². The lowest BCUT2D eigenvalue weighted by atomic mass is 10.2. The Labute approximate surface area is 138 Å². The average molecular weight is 370 g/mol. The first-order valence-electron chi connectivity index (χ1n) is 7.36. The molecule has 0 radical (unpaired) electrons. The normalized spacial score (nSPS) is 16.1. The van der Waals surface area contributed by atoms with E-state index in [-0.39, 0.29) is 11.9 Å². The van der Waals surface area contributed by atoms with Crippen molar-refractivity contribution in [3.63, 3.8) is 0 Å². The second-order valence-electron chi connectivity index (χ2n) is 5.39. The molecule has 1 N–H and O–H groups in total. The molecule has 5 nitrogen and oxygen atoms in total. The maximum atomic E-state index is 12.1. The molecule has 0 unspecified atom stereocenters. The van der Waals surface area contributed by atoms with Gasteiger partial charge in [0.25, 0.3) is 5.91 Å². The van der Waals surface area contributed by atoms with E-state index in [1.807, 2.05) is 0 Å². The molecule has 0 heterocycles. The summed E-state index contributed by atoms with van der Waals surface area (Å²) in [4.78, 5) is 24.1. The minimum Gasteiger partial charge on any atom is -0.496 e. The van der Waals surface area contributed by atoms with Gasteiger partial charge in [0, 0.05) is 6.04 Å². The van der Waals surface area contributed by atoms with Crippen LogP contribution in [0.15, 0.2) is 22.7 Å². The fourth-order valence-electron chi connectivity index (χ4n) is 2.46. The fraction of sp³-hybridized carbons (Fsp3) is 0.500. The van der Waals surface area contributed by atoms with Gasteiger partial charge in [-0.3, -0.25) is 4.79 Å². The van der Waals surface area contributed by atoms with Crippen LogP contribution in [0, 0.1) is 0 Å². The Morgan fingerprint density at radius 1 is 1.32 bits per heavy atom. The molecule has 22 heavy (non-hydrogen) atoms. The SMILES string of the molecule is COc1ccc(C(=O)O[C@@H](C)C(=O)NC2CCCC2)cc1Br. The van der Waals surface area contributed by atoms with Crippen LogP contribution in [0.5, 0.6) is 5.75 Å². The molecule has 0 spiro atoms. The largest absolute Gasteiger partial charge is 0.496 e. The highest BCUT2D eigenvalue weighted by Crippen LogP contribution is 2.26. The summed E-state index contributed by atoms with van der Waals surface area (Å²) in [5.41, 5.74) is 0.369. The van der Waals surface area contributed by atoms with Crippen molar-refractivity contribution >= 4 is 27.8 Å². The number of esters is 1. The number of halogens is 1. The van der Waals surface area contributed by atoms with E-state index in [1.54, 1.807) is 32.2 Å². The smallest absolute Gasteiger partial charge is 0.338 e. The minimum absolute atomic E-state index is 0.212. The van der Waals surface area contributed by atoms with Crippen molar-refractivity contribution in [2.45, 2.75) is 44.8 Å². The number of benzene rings is 1. The number of nitrogens with one attached hydrogen (secondary N) is 1. The van der Waals surface area contributed by atoms with Gasteiger partial charge < -0.3 is 14.8 Å². The second-order valence-corrected chi connectivity index (χ2v) is 6.24. The first kappa shape index (κ1) is 16.8. The molecule has 120 valence electrons. The van der Waals surface area contributed by atoms with Crippen LogP contribution in [0.2, 0.25) is 0 Å². The summed E-state index contributed by atoms with van der Waals surface area (Å²) >= 11 is 3.32. The van der Waals surface area contributed by atoms with Crippen molar-refractivity contribution < 1.29 is 19.1 Å². The van der Waals surface area contributed by atoms with E-state index >= 15 is 0 Å². The molecule has 1 saturated carbocycles. The number of carbonyl (C=O) groups excluding carboxylic acids is 2. The van der Waals surface area contributed by atoms with Crippen molar-refractivity contribution in [3.05, 3.63) is 28.2 Å². The van der Waals surface area contributed by atoms with Crippen LogP contribution in [0.25, 0.3) is 0 Å². The Morgan fingerprint density at radius 2 is 2.00 bits per heavy atom. The highest BCUT2D eigenvalue weighted by molar-refractivity contribution is 9.10. The third kappa shape index (κ3) is 4.22. The van der Waals surface area contributed by atoms with Crippen LogP contribution in [0.3, 0.4) is 0 Å². The number of rotatable bonds is 5. The lowest BCUT2D eigenvalue weighted by molar-refractivity contribution is -0.129. The first-order chi connectivity index (χ1) is 10.5. The standard InChI is InChI=1S/C16H20BrNO4/c1-10(15(19)18-12-5-3-4-6-12)22-16(20)11-7-8-14(21-2)13(17)9-11/h7-10,12H,3-6H2,1-2H3,(H,18,19)/t10-/m0/s1. The van der Waals surface area contributed by atoms with E-state index in [4.69, 9.17) is 9.47 Å². The molecular weight excluding hydrogens is 350 g/mol. The van der Waals surface area contributed by atoms with Crippen LogP contribution < -0.4 is 10.1 Å². The van der Waals surface area contributed by atoms with E-state index in [2.05, 4.69) is 21.2 Å². The quantitative estimate of drug-likeness (QED) is 0.810. The molecular formula is C16H20BrNO4. The summed E-state index contributed by atoms with van der Waals surface area (Å²) in [5, 5.41) is 2.92. The summed E-state index contributed by atoms with van der Waals surface area (Å²) in [6, 6.07) is 5.10. The lowest BCUT2D eigenvalue weighted by Gasteiger charge is -2.17. The van der Waals surface area contributed by atoms with Gasteiger partial charge >= 0.3 is 5.97 Å². The average Bonchev–Trinajstić information content (AvgIpc) is 2.99. The van der Waals surface area contributed by atoms with E-state index < -0.39 is 12.1 Å². The molecule has 1 atom stereocenters. The van der Waals surface area contributed by atoms with Gasteiger partial charge in [-0.15, -0.1) is 0 Å². The van der Waals surface area contributed by atoms with Gasteiger partial charge in [-0.1, -0.05) is 12.8 Å². The number of hydrogen-bond donors (Lipinski definition) is 1.